The van der Waals surface area contributed by atoms with Gasteiger partial charge in [-0.15, -0.1) is 0 Å². The van der Waals surface area contributed by atoms with Crippen LogP contribution in [0.4, 0.5) is 10.5 Å². The highest BCUT2D eigenvalue weighted by molar-refractivity contribution is 8.77. The summed E-state index contributed by atoms with van der Waals surface area (Å²) >= 11 is 6.77. The zero-order chi connectivity index (χ0) is 46.2. The van der Waals surface area contributed by atoms with Crippen molar-refractivity contribution in [3.05, 3.63) is 52.1 Å². The third-order valence-corrected chi connectivity index (χ3v) is 15.7. The molecule has 0 aromatic heterocycles. The lowest BCUT2D eigenvalue weighted by atomic mass is 9.83. The van der Waals surface area contributed by atoms with E-state index in [1.54, 1.807) is 73.7 Å². The van der Waals surface area contributed by atoms with E-state index in [1.807, 2.05) is 33.8 Å². The van der Waals surface area contributed by atoms with Gasteiger partial charge in [0.05, 0.1) is 29.8 Å². The molecular formula is C44H65ClN4O11S2. The second-order valence-electron chi connectivity index (χ2n) is 17.2. The van der Waals surface area contributed by atoms with Crippen molar-refractivity contribution in [1.82, 2.24) is 15.5 Å². The summed E-state index contributed by atoms with van der Waals surface area (Å²) in [6.45, 7) is 13.2. The van der Waals surface area contributed by atoms with Gasteiger partial charge in [0.15, 0.2) is 5.72 Å². The van der Waals surface area contributed by atoms with Gasteiger partial charge in [-0.25, -0.2) is 9.59 Å². The number of benzene rings is 1. The molecule has 0 radical (unpaired) electrons. The molecule has 8 atom stereocenters. The number of esters is 1. The third kappa shape index (κ3) is 13.1. The number of amides is 4. The molecule has 0 aliphatic carbocycles. The van der Waals surface area contributed by atoms with Gasteiger partial charge in [0.25, 0.3) is 0 Å². The zero-order valence-electron chi connectivity index (χ0n) is 37.6. The number of epoxide rings is 1. The number of aliphatic hydroxyl groups is 2. The number of alkyl carbamates (subject to hydrolysis) is 1. The summed E-state index contributed by atoms with van der Waals surface area (Å²) in [7, 11) is 7.83. The van der Waals surface area contributed by atoms with Gasteiger partial charge in [0.1, 0.15) is 30.0 Å². The van der Waals surface area contributed by atoms with Crippen LogP contribution in [0, 0.1) is 5.92 Å². The second kappa shape index (κ2) is 22.0. The Hall–Kier alpha value is -3.32. The van der Waals surface area contributed by atoms with Crippen LogP contribution in [0.3, 0.4) is 0 Å². The summed E-state index contributed by atoms with van der Waals surface area (Å²) in [5, 5.41) is 27.5. The van der Waals surface area contributed by atoms with Crippen molar-refractivity contribution in [3.8, 4) is 0 Å². The van der Waals surface area contributed by atoms with E-state index in [4.69, 9.17) is 30.5 Å². The van der Waals surface area contributed by atoms with Crippen molar-refractivity contribution >= 4 is 68.7 Å². The number of allylic oxidation sites excluding steroid dienone is 3. The van der Waals surface area contributed by atoms with Crippen molar-refractivity contribution in [3.63, 3.8) is 0 Å². The molecule has 4 amide bonds. The lowest BCUT2D eigenvalue weighted by Gasteiger charge is -2.42. The number of nitrogens with one attached hydrogen (secondary N) is 2. The molecule has 0 saturated carbocycles. The number of ether oxygens (including phenoxy) is 4. The molecular weight excluding hydrogens is 860 g/mol. The summed E-state index contributed by atoms with van der Waals surface area (Å²) in [6.07, 6.45) is 2.56. The Labute approximate surface area is 378 Å². The Morgan fingerprint density at radius 2 is 1.94 bits per heavy atom. The molecule has 2 fully saturated rings. The molecule has 3 heterocycles. The van der Waals surface area contributed by atoms with Crippen molar-refractivity contribution < 1.29 is 53.1 Å². The van der Waals surface area contributed by atoms with Gasteiger partial charge in [-0.2, -0.15) is 0 Å². The van der Waals surface area contributed by atoms with E-state index in [0.29, 0.717) is 37.1 Å². The Bertz CT molecular complexity index is 1870. The highest BCUT2D eigenvalue weighted by atomic mass is 35.5. The van der Waals surface area contributed by atoms with Gasteiger partial charge in [0, 0.05) is 63.4 Å². The quantitative estimate of drug-likeness (QED) is 0.0708. The molecule has 2 saturated heterocycles. The van der Waals surface area contributed by atoms with E-state index >= 15 is 0 Å². The molecule has 1 aromatic carbocycles. The second-order valence-corrected chi connectivity index (χ2v) is 20.7. The monoisotopic (exact) mass is 924 g/mol. The fraction of sp³-hybridized carbons (Fsp3) is 0.659. The standard InChI is InChI=1S/C44H65ClN4O11S2/c1-11-46-35(51)16-13-19-61-62-42(5,6)18-17-36(52)48(8)28(4)40(54)59-34-23-37(53)49(9)31-22-29(21-30(25-50)38(31)45)20-26(2)14-12-15-33(57-10)44(56)24-32(58-41(55)47-44)27(3)39-43(34,7)60-39/h12,14-15,21-22,27-28,32-34,39,50,56H,11,13,16-20,23-25H2,1-10H3,(H,46,51)(H,47,55)/b15-12+,26-14+/t27-,28+,32+,33-,34+,39+,43+,44+/m1/s1. The minimum Gasteiger partial charge on any atom is -0.457 e. The van der Waals surface area contributed by atoms with E-state index in [2.05, 4.69) is 10.6 Å². The maximum absolute atomic E-state index is 14.3. The average molecular weight is 926 g/mol. The molecule has 4 rings (SSSR count). The van der Waals surface area contributed by atoms with E-state index in [0.717, 1.165) is 23.3 Å². The number of methoxy groups -OCH3 is 1. The first kappa shape index (κ1) is 51.3. The van der Waals surface area contributed by atoms with Gasteiger partial charge in [-0.1, -0.05) is 70.0 Å². The van der Waals surface area contributed by atoms with Crippen LogP contribution in [0.25, 0.3) is 0 Å². The maximum Gasteiger partial charge on any atom is 0.409 e. The van der Waals surface area contributed by atoms with Crippen molar-refractivity contribution in [2.45, 2.75) is 147 Å². The number of fused-ring (bicyclic) bond motifs is 5. The summed E-state index contributed by atoms with van der Waals surface area (Å²) in [4.78, 5) is 69.2. The molecule has 0 unspecified atom stereocenters. The smallest absolute Gasteiger partial charge is 0.409 e. The third-order valence-electron chi connectivity index (χ3n) is 11.8. The molecule has 346 valence electrons. The van der Waals surface area contributed by atoms with Gasteiger partial charge in [-0.3, -0.25) is 19.7 Å². The first-order chi connectivity index (χ1) is 29.1. The molecule has 0 spiro atoms. The average Bonchev–Trinajstić information content (AvgIpc) is 3.91. The highest BCUT2D eigenvalue weighted by Gasteiger charge is 2.64. The van der Waals surface area contributed by atoms with E-state index in [-0.39, 0.29) is 47.5 Å². The number of carbonyl (C=O) groups excluding carboxylic acids is 5. The number of anilines is 1. The van der Waals surface area contributed by atoms with E-state index in [1.165, 1.54) is 24.0 Å². The summed E-state index contributed by atoms with van der Waals surface area (Å²) < 4.78 is 23.5. The molecule has 3 aliphatic heterocycles. The number of rotatable bonds is 15. The Morgan fingerprint density at radius 3 is 2.60 bits per heavy atom. The van der Waals surface area contributed by atoms with Crippen molar-refractivity contribution in [2.24, 2.45) is 5.92 Å². The minimum atomic E-state index is -1.85. The van der Waals surface area contributed by atoms with Crippen LogP contribution in [-0.2, 0) is 51.2 Å². The lowest BCUT2D eigenvalue weighted by molar-refractivity contribution is -0.162. The number of aliphatic hydroxyl groups excluding tert-OH is 1. The number of likely N-dealkylation sites (N-methyl/N-ethyl adjacent to an activating group) is 1. The highest BCUT2D eigenvalue weighted by Crippen LogP contribution is 2.49. The normalized spacial score (nSPS) is 28.6. The molecule has 18 heteroatoms. The largest absolute Gasteiger partial charge is 0.457 e. The van der Waals surface area contributed by atoms with E-state index in [9.17, 15) is 34.2 Å². The molecule has 62 heavy (non-hydrogen) atoms. The minimum absolute atomic E-state index is 0.0342. The fourth-order valence-corrected chi connectivity index (χ4v) is 10.6. The molecule has 4 bridgehead atoms. The van der Waals surface area contributed by atoms with Crippen LogP contribution in [-0.4, -0.2) is 125 Å². The van der Waals surface area contributed by atoms with Gasteiger partial charge in [0.2, 0.25) is 17.7 Å². The number of halogens is 1. The predicted octanol–water partition coefficient (Wildman–Crippen LogP) is 5.85. The van der Waals surface area contributed by atoms with Crippen LogP contribution in [0.2, 0.25) is 5.02 Å². The lowest BCUT2D eigenvalue weighted by Crippen LogP contribution is -2.63. The zero-order valence-corrected chi connectivity index (χ0v) is 40.0. The summed E-state index contributed by atoms with van der Waals surface area (Å²) in [5.74, 6) is -1.21. The van der Waals surface area contributed by atoms with Crippen molar-refractivity contribution in [2.75, 3.05) is 38.4 Å². The maximum atomic E-state index is 14.3. The van der Waals surface area contributed by atoms with Gasteiger partial charge < -0.3 is 44.3 Å². The topological polar surface area (TPSA) is 197 Å². The first-order valence-electron chi connectivity index (χ1n) is 21.1. The van der Waals surface area contributed by atoms with Gasteiger partial charge >= 0.3 is 12.1 Å². The SMILES string of the molecule is CCNC(=O)CCCSSC(C)(C)CCC(=O)N(C)[C@@H](C)C(=O)O[C@H]1CC(=O)N(C)c2cc(cc(CO)c2Cl)C/C(C)=C/C=C/[C@@H](OC)[C@@]2(O)C[C@H](OC(=O)N2)[C@@H](C)[C@@H]2O[C@@]12C. The van der Waals surface area contributed by atoms with E-state index < -0.39 is 65.7 Å². The Morgan fingerprint density at radius 1 is 1.23 bits per heavy atom. The van der Waals surface area contributed by atoms with Gasteiger partial charge in [-0.05, 0) is 78.0 Å². The molecule has 3 aliphatic rings. The fourth-order valence-electron chi connectivity index (χ4n) is 7.68. The molecule has 4 N–H and O–H groups in total. The number of hydrogen-bond acceptors (Lipinski definition) is 13. The predicted molar refractivity (Wildman–Crippen MR) is 242 cm³/mol. The summed E-state index contributed by atoms with van der Waals surface area (Å²) in [5.41, 5.74) is -0.681. The van der Waals surface area contributed by atoms with Crippen molar-refractivity contribution in [1.29, 1.82) is 0 Å². The van der Waals surface area contributed by atoms with Crippen LogP contribution < -0.4 is 15.5 Å². The van der Waals surface area contributed by atoms with Crippen LogP contribution >= 0.6 is 33.2 Å². The molecule has 15 nitrogen and oxygen atoms in total. The van der Waals surface area contributed by atoms with Crippen LogP contribution in [0.5, 0.6) is 0 Å². The number of hydrogen-bond donors (Lipinski definition) is 4. The number of carbonyl (C=O) groups is 5. The molecule has 1 aromatic rings. The number of nitrogens with zero attached hydrogens (tertiary/aromatic N) is 2. The summed E-state index contributed by atoms with van der Waals surface area (Å²) in [6, 6.07) is 2.50. The Kier molecular flexibility index (Phi) is 18.2. The first-order valence-corrected chi connectivity index (χ1v) is 23.8. The Balaban J connectivity index is 1.58. The van der Waals surface area contributed by atoms with Crippen LogP contribution in [0.1, 0.15) is 98.1 Å². The van der Waals surface area contributed by atoms with Crippen LogP contribution in [0.15, 0.2) is 35.9 Å².